The number of hydrogen-bond acceptors (Lipinski definition) is 4. The summed E-state index contributed by atoms with van der Waals surface area (Å²) in [5.41, 5.74) is 0.582. The second-order valence-corrected chi connectivity index (χ2v) is 2.33. The maximum atomic E-state index is 9.16. The number of aliphatic hydroxyl groups is 2. The molecule has 0 bridgehead atoms. The monoisotopic (exact) mass is 169 g/mol. The molecule has 0 saturated carbocycles. The highest BCUT2D eigenvalue weighted by Crippen LogP contribution is 2.13. The molecule has 0 fully saturated rings. The van der Waals surface area contributed by atoms with Crippen molar-refractivity contribution in [2.75, 3.05) is 13.7 Å². The zero-order valence-corrected chi connectivity index (χ0v) is 6.77. The maximum absolute atomic E-state index is 9.16. The molecule has 2 N–H and O–H groups in total. The Labute approximate surface area is 70.4 Å². The van der Waals surface area contributed by atoms with E-state index >= 15 is 0 Å². The summed E-state index contributed by atoms with van der Waals surface area (Å²) in [5, 5.41) is 17.8. The molecule has 12 heavy (non-hydrogen) atoms. The third-order valence-corrected chi connectivity index (χ3v) is 1.53. The molecule has 66 valence electrons. The van der Waals surface area contributed by atoms with Gasteiger partial charge in [-0.1, -0.05) is 0 Å². The fourth-order valence-corrected chi connectivity index (χ4v) is 0.815. The van der Waals surface area contributed by atoms with Gasteiger partial charge in [0.25, 0.3) is 0 Å². The first-order valence-electron chi connectivity index (χ1n) is 3.56. The van der Waals surface area contributed by atoms with E-state index in [1.54, 1.807) is 12.1 Å². The van der Waals surface area contributed by atoms with Crippen LogP contribution in [0.2, 0.25) is 0 Å². The molecular weight excluding hydrogens is 158 g/mol. The number of pyridine rings is 1. The van der Waals surface area contributed by atoms with E-state index in [1.807, 2.05) is 0 Å². The predicted octanol–water partition coefficient (Wildman–Crippen LogP) is 0.116. The van der Waals surface area contributed by atoms with Crippen molar-refractivity contribution in [1.29, 1.82) is 0 Å². The Morgan fingerprint density at radius 1 is 1.58 bits per heavy atom. The van der Waals surface area contributed by atoms with Crippen LogP contribution in [0.5, 0.6) is 5.88 Å². The van der Waals surface area contributed by atoms with Crippen LogP contribution in [0.3, 0.4) is 0 Å². The van der Waals surface area contributed by atoms with E-state index in [2.05, 4.69) is 4.98 Å². The van der Waals surface area contributed by atoms with Crippen molar-refractivity contribution in [3.63, 3.8) is 0 Å². The molecule has 0 aliphatic heterocycles. The third-order valence-electron chi connectivity index (χ3n) is 1.53. The summed E-state index contributed by atoms with van der Waals surface area (Å²) in [5.74, 6) is 0.490. The van der Waals surface area contributed by atoms with Crippen LogP contribution in [-0.2, 0) is 0 Å². The average Bonchev–Trinajstić information content (AvgIpc) is 2.17. The SMILES string of the molecule is COc1ccc([C@@H](O)CO)cn1. The average molecular weight is 169 g/mol. The Hall–Kier alpha value is -1.13. The Balaban J connectivity index is 2.77. The van der Waals surface area contributed by atoms with E-state index in [0.717, 1.165) is 0 Å². The Morgan fingerprint density at radius 3 is 2.75 bits per heavy atom. The summed E-state index contributed by atoms with van der Waals surface area (Å²) in [6.07, 6.45) is 0.614. The van der Waals surface area contributed by atoms with Gasteiger partial charge in [-0.3, -0.25) is 0 Å². The van der Waals surface area contributed by atoms with Gasteiger partial charge in [-0.2, -0.15) is 0 Å². The van der Waals surface area contributed by atoms with Crippen LogP contribution in [0.25, 0.3) is 0 Å². The summed E-state index contributed by atoms with van der Waals surface area (Å²) < 4.78 is 4.83. The molecule has 1 atom stereocenters. The number of ether oxygens (including phenoxy) is 1. The van der Waals surface area contributed by atoms with Gasteiger partial charge < -0.3 is 14.9 Å². The molecule has 4 heteroatoms. The van der Waals surface area contributed by atoms with Crippen molar-refractivity contribution in [2.24, 2.45) is 0 Å². The van der Waals surface area contributed by atoms with Crippen LogP contribution in [-0.4, -0.2) is 28.9 Å². The quantitative estimate of drug-likeness (QED) is 0.674. The van der Waals surface area contributed by atoms with Crippen LogP contribution < -0.4 is 4.74 Å². The maximum Gasteiger partial charge on any atom is 0.212 e. The van der Waals surface area contributed by atoms with E-state index in [9.17, 15) is 0 Å². The topological polar surface area (TPSA) is 62.6 Å². The van der Waals surface area contributed by atoms with Crippen LogP contribution >= 0.6 is 0 Å². The van der Waals surface area contributed by atoms with Gasteiger partial charge in [-0.15, -0.1) is 0 Å². The lowest BCUT2D eigenvalue weighted by atomic mass is 10.2. The highest BCUT2D eigenvalue weighted by atomic mass is 16.5. The molecule has 0 unspecified atom stereocenters. The molecule has 0 aromatic carbocycles. The van der Waals surface area contributed by atoms with Gasteiger partial charge in [-0.25, -0.2) is 4.98 Å². The van der Waals surface area contributed by atoms with Crippen molar-refractivity contribution >= 4 is 0 Å². The Kier molecular flexibility index (Phi) is 3.01. The number of nitrogens with zero attached hydrogens (tertiary/aromatic N) is 1. The van der Waals surface area contributed by atoms with E-state index in [0.29, 0.717) is 11.4 Å². The second kappa shape index (κ2) is 4.04. The van der Waals surface area contributed by atoms with Crippen molar-refractivity contribution in [1.82, 2.24) is 4.98 Å². The molecule has 0 aliphatic rings. The minimum absolute atomic E-state index is 0.298. The Morgan fingerprint density at radius 2 is 2.33 bits per heavy atom. The summed E-state index contributed by atoms with van der Waals surface area (Å²) in [6.45, 7) is -0.298. The standard InChI is InChI=1S/C8H11NO3/c1-12-8-3-2-6(4-9-8)7(11)5-10/h2-4,7,10-11H,5H2,1H3/t7-/m0/s1. The second-order valence-electron chi connectivity index (χ2n) is 2.33. The zero-order chi connectivity index (χ0) is 8.97. The molecule has 1 aromatic heterocycles. The number of methoxy groups -OCH3 is 1. The molecule has 0 spiro atoms. The van der Waals surface area contributed by atoms with Gasteiger partial charge in [0.2, 0.25) is 5.88 Å². The minimum Gasteiger partial charge on any atom is -0.481 e. The largest absolute Gasteiger partial charge is 0.481 e. The van der Waals surface area contributed by atoms with Gasteiger partial charge in [-0.05, 0) is 6.07 Å². The van der Waals surface area contributed by atoms with Gasteiger partial charge >= 0.3 is 0 Å². The number of rotatable bonds is 3. The zero-order valence-electron chi connectivity index (χ0n) is 6.77. The molecule has 4 nitrogen and oxygen atoms in total. The molecule has 1 heterocycles. The molecule has 0 radical (unpaired) electrons. The van der Waals surface area contributed by atoms with Crippen LogP contribution in [0, 0.1) is 0 Å². The molecule has 0 saturated heterocycles. The van der Waals surface area contributed by atoms with Crippen molar-refractivity contribution < 1.29 is 14.9 Å². The first-order valence-corrected chi connectivity index (χ1v) is 3.56. The van der Waals surface area contributed by atoms with Crippen molar-refractivity contribution in [3.05, 3.63) is 23.9 Å². The number of hydrogen-bond donors (Lipinski definition) is 2. The molecule has 0 amide bonds. The van der Waals surface area contributed by atoms with E-state index < -0.39 is 6.10 Å². The fraction of sp³-hybridized carbons (Fsp3) is 0.375. The van der Waals surface area contributed by atoms with Crippen LogP contribution in [0.4, 0.5) is 0 Å². The van der Waals surface area contributed by atoms with Crippen LogP contribution in [0.1, 0.15) is 11.7 Å². The van der Waals surface area contributed by atoms with E-state index in [4.69, 9.17) is 14.9 Å². The fourth-order valence-electron chi connectivity index (χ4n) is 0.815. The van der Waals surface area contributed by atoms with Gasteiger partial charge in [0.15, 0.2) is 0 Å². The van der Waals surface area contributed by atoms with Gasteiger partial charge in [0, 0.05) is 17.8 Å². The minimum atomic E-state index is -0.858. The van der Waals surface area contributed by atoms with Gasteiger partial charge in [0.05, 0.1) is 13.7 Å². The number of aromatic nitrogens is 1. The first kappa shape index (κ1) is 8.96. The summed E-state index contributed by atoms with van der Waals surface area (Å²) in [6, 6.07) is 3.29. The summed E-state index contributed by atoms with van der Waals surface area (Å²) in [4.78, 5) is 3.87. The van der Waals surface area contributed by atoms with Crippen LogP contribution in [0.15, 0.2) is 18.3 Å². The van der Waals surface area contributed by atoms with E-state index in [-0.39, 0.29) is 6.61 Å². The highest BCUT2D eigenvalue weighted by Gasteiger charge is 2.05. The summed E-state index contributed by atoms with van der Waals surface area (Å²) >= 11 is 0. The summed E-state index contributed by atoms with van der Waals surface area (Å²) in [7, 11) is 1.52. The first-order chi connectivity index (χ1) is 5.77. The van der Waals surface area contributed by atoms with Crippen molar-refractivity contribution in [2.45, 2.75) is 6.10 Å². The molecule has 1 rings (SSSR count). The molecular formula is C8H11NO3. The van der Waals surface area contributed by atoms with Gasteiger partial charge in [0.1, 0.15) is 6.10 Å². The number of aliphatic hydroxyl groups excluding tert-OH is 2. The lowest BCUT2D eigenvalue weighted by molar-refractivity contribution is 0.0952. The lowest BCUT2D eigenvalue weighted by Crippen LogP contribution is -2.02. The molecule has 1 aromatic rings. The highest BCUT2D eigenvalue weighted by molar-refractivity contribution is 5.19. The van der Waals surface area contributed by atoms with E-state index in [1.165, 1.54) is 13.3 Å². The van der Waals surface area contributed by atoms with Crippen molar-refractivity contribution in [3.8, 4) is 5.88 Å². The Bertz CT molecular complexity index is 235. The smallest absolute Gasteiger partial charge is 0.212 e. The normalized spacial score (nSPS) is 12.6. The predicted molar refractivity (Wildman–Crippen MR) is 42.8 cm³/mol. The molecule has 0 aliphatic carbocycles. The lowest BCUT2D eigenvalue weighted by Gasteiger charge is -2.06. The third kappa shape index (κ3) is 1.93.